The van der Waals surface area contributed by atoms with Gasteiger partial charge in [-0.2, -0.15) is 4.80 Å². The van der Waals surface area contributed by atoms with Crippen LogP contribution in [-0.2, 0) is 17.7 Å². The van der Waals surface area contributed by atoms with Gasteiger partial charge in [0.25, 0.3) is 0 Å². The highest BCUT2D eigenvalue weighted by Gasteiger charge is 2.06. The van der Waals surface area contributed by atoms with Gasteiger partial charge in [0.15, 0.2) is 5.82 Å². The summed E-state index contributed by atoms with van der Waals surface area (Å²) in [6.45, 7) is 1.35. The Morgan fingerprint density at radius 2 is 2.11 bits per heavy atom. The van der Waals surface area contributed by atoms with Gasteiger partial charge in [0, 0.05) is 10.9 Å². The maximum atomic E-state index is 8.58. The lowest BCUT2D eigenvalue weighted by atomic mass is 10.1. The first kappa shape index (κ1) is 14.1. The Balaban J connectivity index is 1.89. The van der Waals surface area contributed by atoms with Crippen LogP contribution in [0.3, 0.4) is 0 Å². The topological polar surface area (TPSA) is 73.1 Å². The summed E-state index contributed by atoms with van der Waals surface area (Å²) in [5, 5.41) is 20.8. The fourth-order valence-corrected chi connectivity index (χ4v) is 1.99. The highest BCUT2D eigenvalue weighted by atomic mass is 79.9. The Morgan fingerprint density at radius 1 is 1.26 bits per heavy atom. The molecule has 2 aromatic rings. The zero-order chi connectivity index (χ0) is 13.5. The molecule has 0 fully saturated rings. The molecule has 0 radical (unpaired) electrons. The maximum absolute atomic E-state index is 8.58. The molecule has 0 aliphatic heterocycles. The molecule has 1 aromatic carbocycles. The van der Waals surface area contributed by atoms with E-state index in [0.29, 0.717) is 32.0 Å². The van der Waals surface area contributed by atoms with Crippen molar-refractivity contribution < 1.29 is 9.84 Å². The smallest absolute Gasteiger partial charge is 0.179 e. The molecule has 102 valence electrons. The van der Waals surface area contributed by atoms with Crippen molar-refractivity contribution in [3.8, 4) is 0 Å². The van der Waals surface area contributed by atoms with Crippen LogP contribution in [0.5, 0.6) is 0 Å². The van der Waals surface area contributed by atoms with Crippen molar-refractivity contribution in [2.45, 2.75) is 13.0 Å². The van der Waals surface area contributed by atoms with Crippen molar-refractivity contribution >= 4 is 15.9 Å². The number of halogens is 1. The van der Waals surface area contributed by atoms with Gasteiger partial charge in [-0.05, 0) is 16.8 Å². The van der Waals surface area contributed by atoms with Gasteiger partial charge in [0.05, 0.1) is 26.4 Å². The van der Waals surface area contributed by atoms with Crippen LogP contribution in [0.15, 0.2) is 28.7 Å². The predicted octanol–water partition coefficient (Wildman–Crippen LogP) is 1.04. The fraction of sp³-hybridized carbons (Fsp3) is 0.417. The first-order valence-electron chi connectivity index (χ1n) is 5.98. The SMILES string of the molecule is OCCOCCn1nnc(Cc2ccccc2Br)n1. The summed E-state index contributed by atoms with van der Waals surface area (Å²) in [6.07, 6.45) is 0.638. The molecule has 0 aliphatic rings. The molecule has 19 heavy (non-hydrogen) atoms. The number of benzene rings is 1. The first-order valence-corrected chi connectivity index (χ1v) is 6.77. The maximum Gasteiger partial charge on any atom is 0.179 e. The molecule has 0 aliphatic carbocycles. The summed E-state index contributed by atoms with van der Waals surface area (Å²) < 4.78 is 6.19. The predicted molar refractivity (Wildman–Crippen MR) is 72.7 cm³/mol. The van der Waals surface area contributed by atoms with E-state index in [1.165, 1.54) is 4.80 Å². The zero-order valence-corrected chi connectivity index (χ0v) is 12.0. The zero-order valence-electron chi connectivity index (χ0n) is 10.4. The van der Waals surface area contributed by atoms with Crippen LogP contribution < -0.4 is 0 Å². The summed E-state index contributed by atoms with van der Waals surface area (Å²) in [7, 11) is 0. The number of tetrazole rings is 1. The second-order valence-corrected chi connectivity index (χ2v) is 4.76. The number of aliphatic hydroxyl groups excluding tert-OH is 1. The van der Waals surface area contributed by atoms with Gasteiger partial charge in [0.2, 0.25) is 0 Å². The van der Waals surface area contributed by atoms with Crippen molar-refractivity contribution in [2.75, 3.05) is 19.8 Å². The van der Waals surface area contributed by atoms with Gasteiger partial charge < -0.3 is 9.84 Å². The van der Waals surface area contributed by atoms with Gasteiger partial charge in [-0.15, -0.1) is 10.2 Å². The number of aliphatic hydroxyl groups is 1. The second-order valence-electron chi connectivity index (χ2n) is 3.91. The van der Waals surface area contributed by atoms with Gasteiger partial charge in [-0.3, -0.25) is 0 Å². The summed E-state index contributed by atoms with van der Waals surface area (Å²) in [4.78, 5) is 1.50. The van der Waals surface area contributed by atoms with Gasteiger partial charge >= 0.3 is 0 Å². The van der Waals surface area contributed by atoms with Crippen molar-refractivity contribution in [2.24, 2.45) is 0 Å². The lowest BCUT2D eigenvalue weighted by molar-refractivity contribution is 0.0831. The Labute approximate surface area is 119 Å². The number of hydrogen-bond donors (Lipinski definition) is 1. The molecule has 1 heterocycles. The lowest BCUT2D eigenvalue weighted by Crippen LogP contribution is -2.11. The number of nitrogens with zero attached hydrogens (tertiary/aromatic N) is 4. The number of ether oxygens (including phenoxy) is 1. The van der Waals surface area contributed by atoms with Gasteiger partial charge in [0.1, 0.15) is 0 Å². The molecule has 1 aromatic heterocycles. The molecule has 0 bridgehead atoms. The fourth-order valence-electron chi connectivity index (χ4n) is 1.57. The molecule has 0 unspecified atom stereocenters. The number of hydrogen-bond acceptors (Lipinski definition) is 5. The minimum Gasteiger partial charge on any atom is -0.394 e. The van der Waals surface area contributed by atoms with Crippen molar-refractivity contribution in [1.29, 1.82) is 0 Å². The largest absolute Gasteiger partial charge is 0.394 e. The van der Waals surface area contributed by atoms with Gasteiger partial charge in [-0.1, -0.05) is 34.1 Å². The lowest BCUT2D eigenvalue weighted by Gasteiger charge is -2.01. The average Bonchev–Trinajstić information content (AvgIpc) is 2.85. The van der Waals surface area contributed by atoms with Crippen molar-refractivity contribution in [1.82, 2.24) is 20.2 Å². The van der Waals surface area contributed by atoms with Crippen LogP contribution in [0.1, 0.15) is 11.4 Å². The third kappa shape index (κ3) is 4.38. The molecule has 6 nitrogen and oxygen atoms in total. The third-order valence-electron chi connectivity index (χ3n) is 2.47. The van der Waals surface area contributed by atoms with E-state index >= 15 is 0 Å². The van der Waals surface area contributed by atoms with E-state index in [0.717, 1.165) is 10.0 Å². The first-order chi connectivity index (χ1) is 9.29. The van der Waals surface area contributed by atoms with E-state index in [-0.39, 0.29) is 6.61 Å². The van der Waals surface area contributed by atoms with Crippen LogP contribution in [0.25, 0.3) is 0 Å². The Hall–Kier alpha value is -1.31. The van der Waals surface area contributed by atoms with E-state index in [2.05, 4.69) is 31.3 Å². The Bertz CT molecular complexity index is 518. The van der Waals surface area contributed by atoms with E-state index in [1.54, 1.807) is 0 Å². The molecular weight excluding hydrogens is 312 g/mol. The highest BCUT2D eigenvalue weighted by Crippen LogP contribution is 2.17. The Morgan fingerprint density at radius 3 is 2.89 bits per heavy atom. The minimum atomic E-state index is 0.0259. The summed E-state index contributed by atoms with van der Waals surface area (Å²) in [5.41, 5.74) is 1.12. The molecule has 0 amide bonds. The molecule has 7 heteroatoms. The molecule has 0 saturated heterocycles. The normalized spacial score (nSPS) is 10.8. The molecule has 1 N–H and O–H groups in total. The van der Waals surface area contributed by atoms with Crippen LogP contribution in [0.2, 0.25) is 0 Å². The molecule has 0 saturated carbocycles. The van der Waals surface area contributed by atoms with E-state index in [4.69, 9.17) is 9.84 Å². The van der Waals surface area contributed by atoms with Crippen LogP contribution in [0.4, 0.5) is 0 Å². The molecule has 0 spiro atoms. The minimum absolute atomic E-state index is 0.0259. The van der Waals surface area contributed by atoms with Crippen LogP contribution >= 0.6 is 15.9 Å². The second kappa shape index (κ2) is 7.32. The average molecular weight is 327 g/mol. The van der Waals surface area contributed by atoms with Crippen LogP contribution in [-0.4, -0.2) is 45.1 Å². The highest BCUT2D eigenvalue weighted by molar-refractivity contribution is 9.10. The molecule has 2 rings (SSSR count). The number of rotatable bonds is 7. The Kier molecular flexibility index (Phi) is 5.44. The third-order valence-corrected chi connectivity index (χ3v) is 3.25. The van der Waals surface area contributed by atoms with Crippen molar-refractivity contribution in [3.05, 3.63) is 40.1 Å². The monoisotopic (exact) mass is 326 g/mol. The van der Waals surface area contributed by atoms with Crippen LogP contribution in [0, 0.1) is 0 Å². The number of aromatic nitrogens is 4. The summed E-state index contributed by atoms with van der Waals surface area (Å²) in [5.74, 6) is 0.675. The quantitative estimate of drug-likeness (QED) is 0.769. The van der Waals surface area contributed by atoms with Crippen molar-refractivity contribution in [3.63, 3.8) is 0 Å². The van der Waals surface area contributed by atoms with E-state index in [1.807, 2.05) is 24.3 Å². The summed E-state index contributed by atoms with van der Waals surface area (Å²) in [6, 6.07) is 7.96. The van der Waals surface area contributed by atoms with Gasteiger partial charge in [-0.25, -0.2) is 0 Å². The standard InChI is InChI=1S/C12H15BrN4O2/c13-11-4-2-1-3-10(11)9-12-14-16-17(15-12)5-7-19-8-6-18/h1-4,18H,5-9H2. The summed E-state index contributed by atoms with van der Waals surface area (Å²) >= 11 is 3.49. The molecular formula is C12H15BrN4O2. The molecule has 0 atom stereocenters. The van der Waals surface area contributed by atoms with E-state index < -0.39 is 0 Å². The van der Waals surface area contributed by atoms with E-state index in [9.17, 15) is 0 Å².